The molecule has 7 heteroatoms. The van der Waals surface area contributed by atoms with E-state index < -0.39 is 0 Å². The molecule has 7 nitrogen and oxygen atoms in total. The van der Waals surface area contributed by atoms with Crippen LogP contribution in [0.25, 0.3) is 0 Å². The Morgan fingerprint density at radius 2 is 1.74 bits per heavy atom. The van der Waals surface area contributed by atoms with Gasteiger partial charge in [0.15, 0.2) is 0 Å². The molecule has 0 saturated carbocycles. The van der Waals surface area contributed by atoms with Crippen molar-refractivity contribution in [3.63, 3.8) is 0 Å². The van der Waals surface area contributed by atoms with Gasteiger partial charge in [-0.2, -0.15) is 0 Å². The van der Waals surface area contributed by atoms with Crippen LogP contribution in [0.5, 0.6) is 5.75 Å². The lowest BCUT2D eigenvalue weighted by atomic mass is 10.1. The van der Waals surface area contributed by atoms with Crippen LogP contribution in [-0.2, 0) is 16.1 Å². The zero-order chi connectivity index (χ0) is 24.7. The van der Waals surface area contributed by atoms with Gasteiger partial charge in [0.2, 0.25) is 0 Å². The maximum absolute atomic E-state index is 13.8. The van der Waals surface area contributed by atoms with Crippen molar-refractivity contribution < 1.29 is 19.1 Å². The molecule has 0 unspecified atom stereocenters. The molecule has 0 aromatic heterocycles. The minimum absolute atomic E-state index is 0.0192. The molecule has 2 amide bonds. The van der Waals surface area contributed by atoms with Crippen LogP contribution in [0.4, 0.5) is 5.69 Å². The van der Waals surface area contributed by atoms with Crippen molar-refractivity contribution in [1.29, 1.82) is 0 Å². The monoisotopic (exact) mass is 467 g/mol. The predicted octanol–water partition coefficient (Wildman–Crippen LogP) is 3.74. The molecule has 0 atom stereocenters. The predicted molar refractivity (Wildman–Crippen MR) is 134 cm³/mol. The number of para-hydroxylation sites is 2. The number of fused-ring (bicyclic) bond motifs is 1. The Morgan fingerprint density at radius 3 is 2.44 bits per heavy atom. The van der Waals surface area contributed by atoms with E-state index in [9.17, 15) is 9.59 Å². The lowest BCUT2D eigenvalue weighted by molar-refractivity contribution is -0.122. The van der Waals surface area contributed by atoms with E-state index in [1.165, 1.54) is 7.11 Å². The number of hydrogen-bond donors (Lipinski definition) is 0. The molecule has 2 aromatic rings. The number of hydrogen-bond acceptors (Lipinski definition) is 5. The second-order valence-electron chi connectivity index (χ2n) is 8.97. The topological polar surface area (TPSA) is 62.3 Å². The Morgan fingerprint density at radius 1 is 0.971 bits per heavy atom. The summed E-state index contributed by atoms with van der Waals surface area (Å²) in [5.41, 5.74) is 3.24. The SMILES string of the molecule is COCC(=O)N1CCCN(C(C)C)CCN(C(=O)c2cccc(C)c2OC)Cc2ccccc21. The van der Waals surface area contributed by atoms with Crippen LogP contribution >= 0.6 is 0 Å². The molecule has 0 spiro atoms. The van der Waals surface area contributed by atoms with Crippen LogP contribution in [0.1, 0.15) is 41.8 Å². The van der Waals surface area contributed by atoms with E-state index >= 15 is 0 Å². The van der Waals surface area contributed by atoms with E-state index in [2.05, 4.69) is 18.7 Å². The van der Waals surface area contributed by atoms with Gasteiger partial charge in [-0.3, -0.25) is 14.5 Å². The highest BCUT2D eigenvalue weighted by Gasteiger charge is 2.26. The Hall–Kier alpha value is -2.90. The molecular weight excluding hydrogens is 430 g/mol. The van der Waals surface area contributed by atoms with Gasteiger partial charge in [0.05, 0.1) is 12.7 Å². The normalized spacial score (nSPS) is 15.6. The summed E-state index contributed by atoms with van der Waals surface area (Å²) in [4.78, 5) is 32.8. The average molecular weight is 468 g/mol. The van der Waals surface area contributed by atoms with E-state index in [0.717, 1.165) is 36.3 Å². The summed E-state index contributed by atoms with van der Waals surface area (Å²) in [5.74, 6) is 0.448. The van der Waals surface area contributed by atoms with Gasteiger partial charge >= 0.3 is 0 Å². The summed E-state index contributed by atoms with van der Waals surface area (Å²) < 4.78 is 10.7. The zero-order valence-electron chi connectivity index (χ0n) is 21.0. The highest BCUT2D eigenvalue weighted by molar-refractivity contribution is 5.98. The standard InChI is InChI=1S/C27H37N3O4/c1-20(2)28-14-9-15-30(25(31)19-33-4)24-13-7-6-11-22(24)18-29(17-16-28)27(32)23-12-8-10-21(3)26(23)34-5/h6-8,10-13,20H,9,14-19H2,1-5H3. The Balaban J connectivity index is 2.04. The number of amides is 2. The van der Waals surface area contributed by atoms with Gasteiger partial charge in [-0.1, -0.05) is 30.3 Å². The fourth-order valence-electron chi connectivity index (χ4n) is 4.52. The summed E-state index contributed by atoms with van der Waals surface area (Å²) in [7, 11) is 3.13. The first-order valence-electron chi connectivity index (χ1n) is 11.9. The lowest BCUT2D eigenvalue weighted by Gasteiger charge is -2.30. The van der Waals surface area contributed by atoms with E-state index in [1.54, 1.807) is 12.0 Å². The van der Waals surface area contributed by atoms with Gasteiger partial charge in [0.1, 0.15) is 12.4 Å². The summed E-state index contributed by atoms with van der Waals surface area (Å²) in [6.07, 6.45) is 0.835. The van der Waals surface area contributed by atoms with E-state index in [4.69, 9.17) is 9.47 Å². The van der Waals surface area contributed by atoms with Crippen LogP contribution in [0.15, 0.2) is 42.5 Å². The number of ether oxygens (including phenoxy) is 2. The van der Waals surface area contributed by atoms with Crippen molar-refractivity contribution in [2.75, 3.05) is 51.9 Å². The third-order valence-corrected chi connectivity index (χ3v) is 6.36. The van der Waals surface area contributed by atoms with E-state index in [-0.39, 0.29) is 18.4 Å². The Labute approximate surface area is 203 Å². The second kappa shape index (κ2) is 12.0. The number of anilines is 1. The first-order valence-corrected chi connectivity index (χ1v) is 11.9. The maximum atomic E-state index is 13.8. The van der Waals surface area contributed by atoms with Crippen molar-refractivity contribution >= 4 is 17.5 Å². The summed E-state index contributed by atoms with van der Waals surface area (Å²) in [6, 6.07) is 13.8. The number of carbonyl (C=O) groups is 2. The number of carbonyl (C=O) groups excluding carboxylic acids is 2. The first-order chi connectivity index (χ1) is 16.4. The van der Waals surface area contributed by atoms with Gasteiger partial charge in [-0.05, 0) is 50.5 Å². The van der Waals surface area contributed by atoms with Crippen LogP contribution in [0, 0.1) is 6.92 Å². The third kappa shape index (κ3) is 5.96. The van der Waals surface area contributed by atoms with Crippen LogP contribution in [0.2, 0.25) is 0 Å². The molecule has 1 aliphatic heterocycles. The Bertz CT molecular complexity index is 992. The second-order valence-corrected chi connectivity index (χ2v) is 8.97. The van der Waals surface area contributed by atoms with Gasteiger partial charge in [-0.25, -0.2) is 0 Å². The first kappa shape index (κ1) is 25.7. The molecule has 0 saturated heterocycles. The molecule has 184 valence electrons. The molecule has 0 N–H and O–H groups in total. The molecule has 1 aliphatic rings. The molecule has 1 heterocycles. The third-order valence-electron chi connectivity index (χ3n) is 6.36. The number of rotatable bonds is 5. The molecule has 0 aliphatic carbocycles. The number of methoxy groups -OCH3 is 2. The van der Waals surface area contributed by atoms with Crippen molar-refractivity contribution in [2.45, 2.75) is 39.8 Å². The number of benzene rings is 2. The van der Waals surface area contributed by atoms with Gasteiger partial charge in [0.25, 0.3) is 11.8 Å². The fraction of sp³-hybridized carbons (Fsp3) is 0.481. The lowest BCUT2D eigenvalue weighted by Crippen LogP contribution is -2.41. The quantitative estimate of drug-likeness (QED) is 0.670. The van der Waals surface area contributed by atoms with Crippen molar-refractivity contribution in [3.05, 3.63) is 59.2 Å². The summed E-state index contributed by atoms with van der Waals surface area (Å²) in [6.45, 7) is 9.46. The van der Waals surface area contributed by atoms with Gasteiger partial charge in [-0.15, -0.1) is 0 Å². The molecule has 0 fully saturated rings. The zero-order valence-corrected chi connectivity index (χ0v) is 21.0. The Kier molecular flexibility index (Phi) is 9.07. The highest BCUT2D eigenvalue weighted by Crippen LogP contribution is 2.28. The molecular formula is C27H37N3O4. The van der Waals surface area contributed by atoms with Crippen LogP contribution < -0.4 is 9.64 Å². The largest absolute Gasteiger partial charge is 0.496 e. The summed E-state index contributed by atoms with van der Waals surface area (Å²) in [5, 5.41) is 0. The molecule has 3 rings (SSSR count). The minimum atomic E-state index is -0.0801. The highest BCUT2D eigenvalue weighted by atomic mass is 16.5. The minimum Gasteiger partial charge on any atom is -0.496 e. The number of nitrogens with zero attached hydrogens (tertiary/aromatic N) is 3. The van der Waals surface area contributed by atoms with E-state index in [0.29, 0.717) is 37.0 Å². The molecule has 0 bridgehead atoms. The van der Waals surface area contributed by atoms with Gasteiger partial charge < -0.3 is 19.3 Å². The fourth-order valence-corrected chi connectivity index (χ4v) is 4.52. The van der Waals surface area contributed by atoms with Crippen molar-refractivity contribution in [2.24, 2.45) is 0 Å². The average Bonchev–Trinajstić information content (AvgIpc) is 2.86. The maximum Gasteiger partial charge on any atom is 0.257 e. The summed E-state index contributed by atoms with van der Waals surface area (Å²) >= 11 is 0. The van der Waals surface area contributed by atoms with Crippen LogP contribution in [-0.4, -0.2) is 74.7 Å². The molecule has 34 heavy (non-hydrogen) atoms. The molecule has 0 radical (unpaired) electrons. The van der Waals surface area contributed by atoms with Gasteiger partial charge in [0, 0.05) is 51.6 Å². The number of aryl methyl sites for hydroxylation is 1. The smallest absolute Gasteiger partial charge is 0.257 e. The van der Waals surface area contributed by atoms with E-state index in [1.807, 2.05) is 54.3 Å². The molecule has 2 aromatic carbocycles. The van der Waals surface area contributed by atoms with Crippen LogP contribution in [0.3, 0.4) is 0 Å². The van der Waals surface area contributed by atoms with Crippen molar-refractivity contribution in [3.8, 4) is 5.75 Å². The van der Waals surface area contributed by atoms with Crippen molar-refractivity contribution in [1.82, 2.24) is 9.80 Å².